The van der Waals surface area contributed by atoms with Gasteiger partial charge < -0.3 is 15.4 Å². The average Bonchev–Trinajstić information content (AvgIpc) is 2.97. The van der Waals surface area contributed by atoms with Crippen molar-refractivity contribution >= 4 is 17.6 Å². The lowest BCUT2D eigenvalue weighted by Crippen LogP contribution is -2.38. The Kier molecular flexibility index (Phi) is 6.29. The van der Waals surface area contributed by atoms with Gasteiger partial charge in [0.25, 0.3) is 0 Å². The number of methoxy groups -OCH3 is 1. The highest BCUT2D eigenvalue weighted by molar-refractivity contribution is 6.31. The third-order valence-electron chi connectivity index (χ3n) is 3.53. The molecular formula is C16H22ClN5O. The van der Waals surface area contributed by atoms with E-state index in [0.29, 0.717) is 11.6 Å². The summed E-state index contributed by atoms with van der Waals surface area (Å²) in [7, 11) is 5.29. The van der Waals surface area contributed by atoms with Crippen LogP contribution in [0.4, 0.5) is 0 Å². The molecule has 1 aromatic carbocycles. The Morgan fingerprint density at radius 2 is 2.17 bits per heavy atom. The summed E-state index contributed by atoms with van der Waals surface area (Å²) in [5.74, 6) is 1.51. The topological polar surface area (TPSA) is 63.5 Å². The van der Waals surface area contributed by atoms with Crippen LogP contribution in [-0.2, 0) is 20.0 Å². The summed E-state index contributed by atoms with van der Waals surface area (Å²) in [4.78, 5) is 4.21. The number of aryl methyl sites for hydroxylation is 1. The fourth-order valence-corrected chi connectivity index (χ4v) is 2.41. The molecule has 0 aliphatic heterocycles. The van der Waals surface area contributed by atoms with Crippen LogP contribution in [0.25, 0.3) is 0 Å². The first-order chi connectivity index (χ1) is 11.1. The largest absolute Gasteiger partial charge is 0.497 e. The third-order valence-corrected chi connectivity index (χ3v) is 3.88. The van der Waals surface area contributed by atoms with Crippen LogP contribution in [0, 0.1) is 0 Å². The Morgan fingerprint density at radius 3 is 2.78 bits per heavy atom. The molecule has 0 bridgehead atoms. The molecule has 124 valence electrons. The van der Waals surface area contributed by atoms with E-state index in [9.17, 15) is 0 Å². The van der Waals surface area contributed by atoms with Crippen LogP contribution in [0.2, 0.25) is 5.02 Å². The van der Waals surface area contributed by atoms with Gasteiger partial charge >= 0.3 is 0 Å². The van der Waals surface area contributed by atoms with E-state index in [0.717, 1.165) is 35.9 Å². The number of hydrogen-bond donors (Lipinski definition) is 2. The van der Waals surface area contributed by atoms with E-state index in [-0.39, 0.29) is 0 Å². The zero-order valence-corrected chi connectivity index (χ0v) is 14.4. The van der Waals surface area contributed by atoms with Crippen molar-refractivity contribution in [3.05, 3.63) is 46.7 Å². The molecule has 0 unspecified atom stereocenters. The number of nitrogens with zero attached hydrogens (tertiary/aromatic N) is 3. The van der Waals surface area contributed by atoms with Crippen molar-refractivity contribution < 1.29 is 4.74 Å². The number of nitrogens with one attached hydrogen (secondary N) is 2. The van der Waals surface area contributed by atoms with Crippen molar-refractivity contribution in [1.82, 2.24) is 20.4 Å². The predicted molar refractivity (Wildman–Crippen MR) is 93.1 cm³/mol. The Hall–Kier alpha value is -2.21. The molecule has 0 spiro atoms. The summed E-state index contributed by atoms with van der Waals surface area (Å²) in [5.41, 5.74) is 2.16. The molecule has 0 amide bonds. The van der Waals surface area contributed by atoms with Gasteiger partial charge in [0.05, 0.1) is 19.3 Å². The van der Waals surface area contributed by atoms with Crippen molar-refractivity contribution in [1.29, 1.82) is 0 Å². The van der Waals surface area contributed by atoms with Crippen LogP contribution in [0.5, 0.6) is 5.75 Å². The number of aliphatic imine (C=N–C) groups is 1. The number of benzene rings is 1. The summed E-state index contributed by atoms with van der Waals surface area (Å²) in [6, 6.07) is 7.69. The molecule has 1 aromatic heterocycles. The van der Waals surface area contributed by atoms with Gasteiger partial charge in [0, 0.05) is 31.9 Å². The second-order valence-electron chi connectivity index (χ2n) is 5.01. The number of aromatic nitrogens is 2. The number of hydrogen-bond acceptors (Lipinski definition) is 3. The lowest BCUT2D eigenvalue weighted by atomic mass is 10.1. The van der Waals surface area contributed by atoms with Gasteiger partial charge in [-0.15, -0.1) is 0 Å². The lowest BCUT2D eigenvalue weighted by molar-refractivity contribution is 0.414. The molecule has 2 N–H and O–H groups in total. The summed E-state index contributed by atoms with van der Waals surface area (Å²) in [6.07, 6.45) is 2.58. The highest BCUT2D eigenvalue weighted by Crippen LogP contribution is 2.22. The average molecular weight is 336 g/mol. The van der Waals surface area contributed by atoms with Crippen LogP contribution >= 0.6 is 11.6 Å². The summed E-state index contributed by atoms with van der Waals surface area (Å²) < 4.78 is 6.98. The SMILES string of the molecule is CN=C(NCCc1ccc(OC)cc1Cl)NCc1ccnn1C. The Balaban J connectivity index is 1.81. The lowest BCUT2D eigenvalue weighted by Gasteiger charge is -2.12. The third kappa shape index (κ3) is 4.89. The van der Waals surface area contributed by atoms with Gasteiger partial charge in [-0.3, -0.25) is 9.67 Å². The molecule has 0 atom stereocenters. The Morgan fingerprint density at radius 1 is 1.35 bits per heavy atom. The normalized spacial score (nSPS) is 11.4. The predicted octanol–water partition coefficient (Wildman–Crippen LogP) is 1.99. The first-order valence-corrected chi connectivity index (χ1v) is 7.75. The van der Waals surface area contributed by atoms with E-state index < -0.39 is 0 Å². The van der Waals surface area contributed by atoms with Gasteiger partial charge in [-0.05, 0) is 30.2 Å². The highest BCUT2D eigenvalue weighted by atomic mass is 35.5. The van der Waals surface area contributed by atoms with Crippen molar-refractivity contribution in [2.45, 2.75) is 13.0 Å². The molecule has 1 heterocycles. The van der Waals surface area contributed by atoms with Crippen LogP contribution in [0.1, 0.15) is 11.3 Å². The summed E-state index contributed by atoms with van der Waals surface area (Å²) in [5, 5.41) is 11.4. The monoisotopic (exact) mass is 335 g/mol. The standard InChI is InChI=1S/C16H22ClN5O/c1-18-16(20-11-13-7-9-21-22(13)2)19-8-6-12-4-5-14(23-3)10-15(12)17/h4-5,7,9-10H,6,8,11H2,1-3H3,(H2,18,19,20). The Labute approximate surface area is 141 Å². The van der Waals surface area contributed by atoms with Crippen LogP contribution in [0.3, 0.4) is 0 Å². The fourth-order valence-electron chi connectivity index (χ4n) is 2.14. The smallest absolute Gasteiger partial charge is 0.191 e. The minimum atomic E-state index is 0.666. The molecule has 0 saturated heterocycles. The van der Waals surface area contributed by atoms with Crippen molar-refractivity contribution in [2.24, 2.45) is 12.0 Å². The van der Waals surface area contributed by atoms with Gasteiger partial charge in [-0.25, -0.2) is 0 Å². The van der Waals surface area contributed by atoms with Gasteiger partial charge in [-0.2, -0.15) is 5.10 Å². The summed E-state index contributed by atoms with van der Waals surface area (Å²) >= 11 is 6.24. The Bertz CT molecular complexity index is 668. The quantitative estimate of drug-likeness (QED) is 0.626. The molecule has 23 heavy (non-hydrogen) atoms. The maximum Gasteiger partial charge on any atom is 0.191 e. The minimum absolute atomic E-state index is 0.666. The van der Waals surface area contributed by atoms with Gasteiger partial charge in [0.1, 0.15) is 5.75 Å². The highest BCUT2D eigenvalue weighted by Gasteiger charge is 2.04. The zero-order valence-electron chi connectivity index (χ0n) is 13.6. The fraction of sp³-hybridized carbons (Fsp3) is 0.375. The molecule has 0 radical (unpaired) electrons. The molecule has 2 aromatic rings. The van der Waals surface area contributed by atoms with E-state index in [1.54, 1.807) is 20.4 Å². The maximum absolute atomic E-state index is 6.24. The van der Waals surface area contributed by atoms with Crippen LogP contribution in [-0.4, -0.2) is 36.4 Å². The number of halogens is 1. The van der Waals surface area contributed by atoms with E-state index in [4.69, 9.17) is 16.3 Å². The van der Waals surface area contributed by atoms with E-state index in [1.807, 2.05) is 36.0 Å². The molecule has 6 nitrogen and oxygen atoms in total. The molecular weight excluding hydrogens is 314 g/mol. The van der Waals surface area contributed by atoms with E-state index in [1.165, 1.54) is 0 Å². The minimum Gasteiger partial charge on any atom is -0.497 e. The van der Waals surface area contributed by atoms with Crippen molar-refractivity contribution in [3.63, 3.8) is 0 Å². The summed E-state index contributed by atoms with van der Waals surface area (Å²) in [6.45, 7) is 1.40. The molecule has 2 rings (SSSR count). The van der Waals surface area contributed by atoms with Gasteiger partial charge in [0.15, 0.2) is 5.96 Å². The van der Waals surface area contributed by atoms with Crippen molar-refractivity contribution in [3.8, 4) is 5.75 Å². The second-order valence-corrected chi connectivity index (χ2v) is 5.41. The number of ether oxygens (including phenoxy) is 1. The van der Waals surface area contributed by atoms with E-state index in [2.05, 4.69) is 20.7 Å². The molecule has 7 heteroatoms. The van der Waals surface area contributed by atoms with Gasteiger partial charge in [-0.1, -0.05) is 17.7 Å². The van der Waals surface area contributed by atoms with Crippen LogP contribution in [0.15, 0.2) is 35.5 Å². The van der Waals surface area contributed by atoms with E-state index >= 15 is 0 Å². The first-order valence-electron chi connectivity index (χ1n) is 7.38. The zero-order chi connectivity index (χ0) is 16.7. The molecule has 0 aliphatic rings. The molecule has 0 fully saturated rings. The van der Waals surface area contributed by atoms with Crippen LogP contribution < -0.4 is 15.4 Å². The first kappa shape index (κ1) is 17.1. The maximum atomic E-state index is 6.24. The van der Waals surface area contributed by atoms with Crippen molar-refractivity contribution in [2.75, 3.05) is 20.7 Å². The second kappa shape index (κ2) is 8.43. The number of guanidine groups is 1. The number of rotatable bonds is 6. The van der Waals surface area contributed by atoms with Gasteiger partial charge in [0.2, 0.25) is 0 Å². The molecule has 0 saturated carbocycles. The molecule has 0 aliphatic carbocycles.